The van der Waals surface area contributed by atoms with Gasteiger partial charge in [0.05, 0.1) is 7.11 Å². The van der Waals surface area contributed by atoms with Crippen molar-refractivity contribution in [1.29, 1.82) is 0 Å². The highest BCUT2D eigenvalue weighted by Crippen LogP contribution is 2.35. The Balaban J connectivity index is 1.64. The van der Waals surface area contributed by atoms with Gasteiger partial charge in [0.2, 0.25) is 0 Å². The minimum absolute atomic E-state index is 0.111. The Labute approximate surface area is 172 Å². The monoisotopic (exact) mass is 398 g/mol. The summed E-state index contributed by atoms with van der Waals surface area (Å²) in [6.07, 6.45) is 2.97. The number of methoxy groups -OCH3 is 1. The topological polar surface area (TPSA) is 61.8 Å². The molecular weight excluding hydrogens is 368 g/mol. The zero-order chi connectivity index (χ0) is 21.0. The number of hydrogen-bond donors (Lipinski definition) is 0. The molecule has 0 bridgehead atoms. The van der Waals surface area contributed by atoms with Gasteiger partial charge < -0.3 is 14.2 Å². The average Bonchev–Trinajstić information content (AvgIpc) is 2.70. The van der Waals surface area contributed by atoms with E-state index in [4.69, 9.17) is 14.2 Å². The van der Waals surface area contributed by atoms with Crippen molar-refractivity contribution >= 4 is 22.7 Å². The molecule has 29 heavy (non-hydrogen) atoms. The lowest BCUT2D eigenvalue weighted by Gasteiger charge is -2.36. The van der Waals surface area contributed by atoms with Crippen LogP contribution in [0.5, 0.6) is 5.75 Å². The van der Waals surface area contributed by atoms with E-state index in [2.05, 4.69) is 20.8 Å². The van der Waals surface area contributed by atoms with Crippen LogP contribution < -0.4 is 4.74 Å². The van der Waals surface area contributed by atoms with E-state index in [1.165, 1.54) is 7.11 Å². The quantitative estimate of drug-likeness (QED) is 0.640. The van der Waals surface area contributed by atoms with E-state index in [9.17, 15) is 9.59 Å². The third-order valence-corrected chi connectivity index (χ3v) is 5.85. The molecule has 5 nitrogen and oxygen atoms in total. The first-order valence-electron chi connectivity index (χ1n) is 10.3. The van der Waals surface area contributed by atoms with Crippen LogP contribution in [0.1, 0.15) is 50.4 Å². The minimum atomic E-state index is -0.595. The van der Waals surface area contributed by atoms with Gasteiger partial charge in [-0.15, -0.1) is 0 Å². The SMILES string of the molecule is COc1cc2ccccc2cc1C(=O)OCC(=O)OC1CC(C)CCC1C(C)C. The summed E-state index contributed by atoms with van der Waals surface area (Å²) in [6, 6.07) is 11.2. The lowest BCUT2D eigenvalue weighted by molar-refractivity contribution is -0.159. The fourth-order valence-corrected chi connectivity index (χ4v) is 4.20. The molecule has 0 aliphatic heterocycles. The second-order valence-electron chi connectivity index (χ2n) is 8.33. The lowest BCUT2D eigenvalue weighted by atomic mass is 9.75. The van der Waals surface area contributed by atoms with E-state index in [0.29, 0.717) is 29.1 Å². The summed E-state index contributed by atoms with van der Waals surface area (Å²) in [5.41, 5.74) is 0.297. The van der Waals surface area contributed by atoms with Crippen molar-refractivity contribution in [3.63, 3.8) is 0 Å². The van der Waals surface area contributed by atoms with Gasteiger partial charge in [-0.3, -0.25) is 0 Å². The van der Waals surface area contributed by atoms with Crippen LogP contribution in [0.4, 0.5) is 0 Å². The molecule has 0 amide bonds. The molecule has 1 aliphatic carbocycles. The summed E-state index contributed by atoms with van der Waals surface area (Å²) in [4.78, 5) is 24.9. The minimum Gasteiger partial charge on any atom is -0.496 e. The molecule has 0 heterocycles. The Morgan fingerprint density at radius 3 is 2.45 bits per heavy atom. The van der Waals surface area contributed by atoms with E-state index in [0.717, 1.165) is 30.0 Å². The van der Waals surface area contributed by atoms with Gasteiger partial charge in [0.1, 0.15) is 17.4 Å². The Bertz CT molecular complexity index is 873. The summed E-state index contributed by atoms with van der Waals surface area (Å²) in [6.45, 7) is 6.11. The fraction of sp³-hybridized carbons (Fsp3) is 0.500. The molecule has 2 aromatic rings. The predicted octanol–water partition coefficient (Wildman–Crippen LogP) is 5.01. The Morgan fingerprint density at radius 2 is 1.79 bits per heavy atom. The predicted molar refractivity (Wildman–Crippen MR) is 112 cm³/mol. The first kappa shape index (κ1) is 21.2. The molecule has 0 aromatic heterocycles. The van der Waals surface area contributed by atoms with E-state index in [1.807, 2.05) is 24.3 Å². The standard InChI is InChI=1S/C24H30O5/c1-15(2)19-10-9-16(3)11-22(19)29-23(25)14-28-24(26)20-12-17-7-5-6-8-18(17)13-21(20)27-4/h5-8,12-13,15-16,19,22H,9-11,14H2,1-4H3. The Morgan fingerprint density at radius 1 is 1.10 bits per heavy atom. The van der Waals surface area contributed by atoms with Crippen molar-refractivity contribution < 1.29 is 23.8 Å². The number of esters is 2. The highest BCUT2D eigenvalue weighted by molar-refractivity contribution is 5.99. The zero-order valence-corrected chi connectivity index (χ0v) is 17.6. The summed E-state index contributed by atoms with van der Waals surface area (Å²) in [5.74, 6) is 0.663. The summed E-state index contributed by atoms with van der Waals surface area (Å²) < 4.78 is 16.3. The highest BCUT2D eigenvalue weighted by atomic mass is 16.6. The lowest BCUT2D eigenvalue weighted by Crippen LogP contribution is -2.36. The first-order valence-corrected chi connectivity index (χ1v) is 10.3. The molecule has 0 spiro atoms. The summed E-state index contributed by atoms with van der Waals surface area (Å²) in [7, 11) is 1.51. The molecular formula is C24H30O5. The van der Waals surface area contributed by atoms with Gasteiger partial charge in [-0.2, -0.15) is 0 Å². The molecule has 1 fully saturated rings. The van der Waals surface area contributed by atoms with Gasteiger partial charge >= 0.3 is 11.9 Å². The molecule has 1 saturated carbocycles. The molecule has 3 atom stereocenters. The largest absolute Gasteiger partial charge is 0.496 e. The van der Waals surface area contributed by atoms with Gasteiger partial charge in [0.15, 0.2) is 6.61 Å². The van der Waals surface area contributed by atoms with Crippen LogP contribution in [-0.4, -0.2) is 31.8 Å². The number of fused-ring (bicyclic) bond motifs is 1. The van der Waals surface area contributed by atoms with Crippen LogP contribution in [0.3, 0.4) is 0 Å². The van der Waals surface area contributed by atoms with E-state index in [-0.39, 0.29) is 6.10 Å². The molecule has 0 saturated heterocycles. The van der Waals surface area contributed by atoms with Crippen molar-refractivity contribution in [2.45, 2.75) is 46.1 Å². The van der Waals surface area contributed by atoms with E-state index in [1.54, 1.807) is 12.1 Å². The second-order valence-corrected chi connectivity index (χ2v) is 8.33. The Kier molecular flexibility index (Phi) is 6.78. The molecule has 0 radical (unpaired) electrons. The van der Waals surface area contributed by atoms with Crippen LogP contribution in [0.25, 0.3) is 10.8 Å². The summed E-state index contributed by atoms with van der Waals surface area (Å²) in [5, 5.41) is 1.87. The molecule has 3 unspecified atom stereocenters. The van der Waals surface area contributed by atoms with Gasteiger partial charge in [0.25, 0.3) is 0 Å². The zero-order valence-electron chi connectivity index (χ0n) is 17.6. The van der Waals surface area contributed by atoms with Crippen LogP contribution >= 0.6 is 0 Å². The maximum absolute atomic E-state index is 12.6. The highest BCUT2D eigenvalue weighted by Gasteiger charge is 2.33. The summed E-state index contributed by atoms with van der Waals surface area (Å²) >= 11 is 0. The van der Waals surface area contributed by atoms with Crippen molar-refractivity contribution in [3.8, 4) is 5.75 Å². The molecule has 0 N–H and O–H groups in total. The van der Waals surface area contributed by atoms with Gasteiger partial charge in [0, 0.05) is 0 Å². The van der Waals surface area contributed by atoms with Crippen molar-refractivity contribution in [3.05, 3.63) is 42.0 Å². The molecule has 3 rings (SSSR count). The van der Waals surface area contributed by atoms with E-state index >= 15 is 0 Å². The molecule has 156 valence electrons. The van der Waals surface area contributed by atoms with Crippen molar-refractivity contribution in [2.75, 3.05) is 13.7 Å². The smallest absolute Gasteiger partial charge is 0.344 e. The third-order valence-electron chi connectivity index (χ3n) is 5.85. The molecule has 2 aromatic carbocycles. The number of ether oxygens (including phenoxy) is 3. The van der Waals surface area contributed by atoms with Crippen LogP contribution in [-0.2, 0) is 14.3 Å². The van der Waals surface area contributed by atoms with Gasteiger partial charge in [-0.25, -0.2) is 9.59 Å². The first-order chi connectivity index (χ1) is 13.9. The van der Waals surface area contributed by atoms with Gasteiger partial charge in [-0.1, -0.05) is 51.5 Å². The Hall–Kier alpha value is -2.56. The maximum Gasteiger partial charge on any atom is 0.344 e. The normalized spacial score (nSPS) is 21.8. The van der Waals surface area contributed by atoms with Gasteiger partial charge in [-0.05, 0) is 53.5 Å². The average molecular weight is 398 g/mol. The van der Waals surface area contributed by atoms with Crippen LogP contribution in [0.2, 0.25) is 0 Å². The molecule has 1 aliphatic rings. The maximum atomic E-state index is 12.6. The van der Waals surface area contributed by atoms with Crippen molar-refractivity contribution in [2.24, 2.45) is 17.8 Å². The number of carbonyl (C=O) groups excluding carboxylic acids is 2. The number of carbonyl (C=O) groups is 2. The van der Waals surface area contributed by atoms with E-state index < -0.39 is 18.5 Å². The van der Waals surface area contributed by atoms with Crippen LogP contribution in [0.15, 0.2) is 36.4 Å². The second kappa shape index (κ2) is 9.29. The van der Waals surface area contributed by atoms with Crippen molar-refractivity contribution in [1.82, 2.24) is 0 Å². The molecule has 5 heteroatoms. The number of rotatable bonds is 6. The van der Waals surface area contributed by atoms with Crippen LogP contribution in [0, 0.1) is 17.8 Å². The number of hydrogen-bond acceptors (Lipinski definition) is 5. The fourth-order valence-electron chi connectivity index (χ4n) is 4.20. The third kappa shape index (κ3) is 5.08. The number of benzene rings is 2.